The molecular formula is C29H32F5N5O4. The number of aliphatic hydroxyl groups is 1. The quantitative estimate of drug-likeness (QED) is 0.202. The van der Waals surface area contributed by atoms with E-state index in [4.69, 9.17) is 4.74 Å². The van der Waals surface area contributed by atoms with Gasteiger partial charge in [-0.2, -0.15) is 18.3 Å². The summed E-state index contributed by atoms with van der Waals surface area (Å²) >= 11 is 0. The van der Waals surface area contributed by atoms with E-state index in [0.29, 0.717) is 29.5 Å². The van der Waals surface area contributed by atoms with E-state index in [1.54, 1.807) is 30.5 Å². The van der Waals surface area contributed by atoms with Crippen molar-refractivity contribution in [3.05, 3.63) is 59.5 Å². The first-order chi connectivity index (χ1) is 20.3. The fraction of sp³-hybridized carbons (Fsp3) is 0.517. The summed E-state index contributed by atoms with van der Waals surface area (Å²) in [5.41, 5.74) is 0.990. The van der Waals surface area contributed by atoms with Crippen molar-refractivity contribution >= 4 is 17.5 Å². The number of nitrogens with one attached hydrogen (secondary N) is 2. The maximum Gasteiger partial charge on any atom is 0.389 e. The minimum atomic E-state index is -4.51. The number of hydrogen-bond acceptors (Lipinski definition) is 6. The molecule has 2 aliphatic carbocycles. The van der Waals surface area contributed by atoms with Gasteiger partial charge >= 0.3 is 6.18 Å². The predicted molar refractivity (Wildman–Crippen MR) is 143 cm³/mol. The van der Waals surface area contributed by atoms with Gasteiger partial charge in [-0.15, -0.1) is 0 Å². The lowest BCUT2D eigenvalue weighted by molar-refractivity contribution is -0.145. The number of carbonyl (C=O) groups excluding carboxylic acids is 2. The summed E-state index contributed by atoms with van der Waals surface area (Å²) < 4.78 is 72.4. The van der Waals surface area contributed by atoms with E-state index in [1.807, 2.05) is 0 Å². The Morgan fingerprint density at radius 3 is 2.56 bits per heavy atom. The average Bonchev–Trinajstić information content (AvgIpc) is 3.69. The monoisotopic (exact) mass is 609 g/mol. The van der Waals surface area contributed by atoms with Gasteiger partial charge in [0, 0.05) is 30.4 Å². The van der Waals surface area contributed by atoms with Crippen molar-refractivity contribution in [1.29, 1.82) is 0 Å². The second kappa shape index (κ2) is 12.4. The van der Waals surface area contributed by atoms with Crippen LogP contribution in [0, 0.1) is 11.8 Å². The van der Waals surface area contributed by atoms with Crippen molar-refractivity contribution in [2.75, 3.05) is 6.61 Å². The van der Waals surface area contributed by atoms with Crippen LogP contribution in [-0.4, -0.2) is 50.2 Å². The van der Waals surface area contributed by atoms with Gasteiger partial charge in [-0.3, -0.25) is 9.59 Å². The number of aliphatic hydroxyl groups excluding tert-OH is 1. The number of amides is 2. The topological polar surface area (TPSA) is 118 Å². The zero-order valence-electron chi connectivity index (χ0n) is 23.1. The number of nitrogens with zero attached hydrogens (tertiary/aromatic N) is 3. The lowest BCUT2D eigenvalue weighted by atomic mass is 9.81. The van der Waals surface area contributed by atoms with Crippen LogP contribution < -0.4 is 15.4 Å². The molecule has 3 N–H and O–H groups in total. The third kappa shape index (κ3) is 8.39. The van der Waals surface area contributed by atoms with Crippen molar-refractivity contribution in [2.24, 2.45) is 11.8 Å². The Kier molecular flexibility index (Phi) is 8.86. The largest absolute Gasteiger partial charge is 0.493 e. The van der Waals surface area contributed by atoms with Gasteiger partial charge in [0.15, 0.2) is 11.9 Å². The molecule has 2 saturated carbocycles. The molecule has 232 valence electrons. The van der Waals surface area contributed by atoms with Crippen molar-refractivity contribution in [3.8, 4) is 5.75 Å². The van der Waals surface area contributed by atoms with Crippen LogP contribution in [0.5, 0.6) is 5.75 Å². The molecule has 2 fully saturated rings. The maximum atomic E-state index is 14.0. The zero-order chi connectivity index (χ0) is 30.8. The van der Waals surface area contributed by atoms with Crippen LogP contribution >= 0.6 is 0 Å². The highest BCUT2D eigenvalue weighted by Crippen LogP contribution is 2.41. The van der Waals surface area contributed by atoms with E-state index in [0.717, 1.165) is 12.8 Å². The molecule has 0 saturated heterocycles. The highest BCUT2D eigenvalue weighted by molar-refractivity contribution is 5.94. The fourth-order valence-electron chi connectivity index (χ4n) is 5.05. The second-order valence-electron chi connectivity index (χ2n) is 11.3. The Morgan fingerprint density at radius 2 is 1.86 bits per heavy atom. The number of rotatable bonds is 11. The molecule has 0 unspecified atom stereocenters. The molecule has 2 amide bonds. The van der Waals surface area contributed by atoms with Crippen molar-refractivity contribution in [3.63, 3.8) is 0 Å². The first kappa shape index (κ1) is 30.6. The molecule has 0 bridgehead atoms. The molecular weight excluding hydrogens is 577 g/mol. The molecule has 3 aromatic rings. The van der Waals surface area contributed by atoms with Gasteiger partial charge in [0.05, 0.1) is 37.2 Å². The Balaban J connectivity index is 1.34. The van der Waals surface area contributed by atoms with E-state index < -0.39 is 49.0 Å². The van der Waals surface area contributed by atoms with Crippen molar-refractivity contribution < 1.29 is 41.4 Å². The summed E-state index contributed by atoms with van der Waals surface area (Å²) in [6, 6.07) is 7.38. The minimum absolute atomic E-state index is 0.0749. The van der Waals surface area contributed by atoms with E-state index in [1.165, 1.54) is 16.8 Å². The Bertz CT molecular complexity index is 1450. The number of imidazole rings is 1. The Hall–Kier alpha value is -3.81. The summed E-state index contributed by atoms with van der Waals surface area (Å²) in [6.07, 6.45) is -3.68. The number of carbonyl (C=O) groups is 2. The van der Waals surface area contributed by atoms with Crippen LogP contribution in [0.25, 0.3) is 5.65 Å². The van der Waals surface area contributed by atoms with Gasteiger partial charge in [0.1, 0.15) is 5.75 Å². The number of fused-ring (bicyclic) bond motifs is 1. The van der Waals surface area contributed by atoms with Crippen molar-refractivity contribution in [2.45, 2.75) is 75.7 Å². The van der Waals surface area contributed by atoms with Crippen LogP contribution in [-0.2, 0) is 4.79 Å². The second-order valence-corrected chi connectivity index (χ2v) is 11.3. The molecule has 9 nitrogen and oxygen atoms in total. The number of alkyl halides is 5. The third-order valence-electron chi connectivity index (χ3n) is 7.73. The summed E-state index contributed by atoms with van der Waals surface area (Å²) in [5.74, 6) is -3.46. The summed E-state index contributed by atoms with van der Waals surface area (Å²) in [4.78, 5) is 29.8. The molecule has 0 radical (unpaired) electrons. The maximum absolute atomic E-state index is 14.0. The summed E-state index contributed by atoms with van der Waals surface area (Å²) in [6.45, 7) is 0.576. The number of halogens is 5. The molecule has 2 aromatic heterocycles. The van der Waals surface area contributed by atoms with Gasteiger partial charge < -0.3 is 20.5 Å². The standard InChI is InChI=1S/C29H32F5N5O4/c30-28(31)9-6-18(7-10-28)25(38-26(41)19-2-1-3-21(12-19)43-16-17-4-5-17)22-15-39-23(36-22)13-20(14-35-39)27(42)37-24(40)8-11-29(32,33)34/h1-3,12-15,17-18,25,27,42H,4-11,16H2,(H,37,40)(H,38,41)/t25-,27+/m0/s1. The van der Waals surface area contributed by atoms with Gasteiger partial charge in [0.2, 0.25) is 11.8 Å². The van der Waals surface area contributed by atoms with E-state index in [-0.39, 0.29) is 42.8 Å². The average molecular weight is 610 g/mol. The lowest BCUT2D eigenvalue weighted by Gasteiger charge is -2.33. The molecule has 2 aliphatic rings. The van der Waals surface area contributed by atoms with Gasteiger partial charge in [-0.1, -0.05) is 6.07 Å². The molecule has 14 heteroatoms. The molecule has 0 spiro atoms. The fourth-order valence-corrected chi connectivity index (χ4v) is 5.05. The lowest BCUT2D eigenvalue weighted by Crippen LogP contribution is -2.37. The van der Waals surface area contributed by atoms with Crippen LogP contribution in [0.1, 0.15) is 85.3 Å². The normalized spacial score (nSPS) is 18.7. The third-order valence-corrected chi connectivity index (χ3v) is 7.73. The Morgan fingerprint density at radius 1 is 1.12 bits per heavy atom. The molecule has 2 heterocycles. The molecule has 2 atom stereocenters. The summed E-state index contributed by atoms with van der Waals surface area (Å²) in [7, 11) is 0. The molecule has 43 heavy (non-hydrogen) atoms. The first-order valence-electron chi connectivity index (χ1n) is 14.2. The predicted octanol–water partition coefficient (Wildman–Crippen LogP) is 5.26. The molecule has 5 rings (SSSR count). The smallest absolute Gasteiger partial charge is 0.389 e. The SMILES string of the molecule is O=C(CCC(F)(F)F)N[C@H](O)c1cnn2cc([C@@H](NC(=O)c3cccc(OCC4CC4)c3)C3CCC(F)(F)CC3)nc2c1. The Labute approximate surface area is 243 Å². The van der Waals surface area contributed by atoms with E-state index in [2.05, 4.69) is 20.7 Å². The van der Waals surface area contributed by atoms with E-state index >= 15 is 0 Å². The van der Waals surface area contributed by atoms with Crippen LogP contribution in [0.4, 0.5) is 22.0 Å². The minimum Gasteiger partial charge on any atom is -0.493 e. The van der Waals surface area contributed by atoms with Crippen LogP contribution in [0.15, 0.2) is 42.7 Å². The summed E-state index contributed by atoms with van der Waals surface area (Å²) in [5, 5.41) is 19.6. The highest BCUT2D eigenvalue weighted by atomic mass is 19.4. The van der Waals surface area contributed by atoms with Gasteiger partial charge in [-0.05, 0) is 61.8 Å². The number of ether oxygens (including phenoxy) is 1. The van der Waals surface area contributed by atoms with Crippen molar-refractivity contribution in [1.82, 2.24) is 25.2 Å². The first-order valence-corrected chi connectivity index (χ1v) is 14.2. The number of hydrogen-bond donors (Lipinski definition) is 3. The van der Waals surface area contributed by atoms with Gasteiger partial charge in [0.25, 0.3) is 5.91 Å². The van der Waals surface area contributed by atoms with Crippen LogP contribution in [0.3, 0.4) is 0 Å². The van der Waals surface area contributed by atoms with Crippen LogP contribution in [0.2, 0.25) is 0 Å². The molecule has 1 aromatic carbocycles. The number of aromatic nitrogens is 3. The zero-order valence-corrected chi connectivity index (χ0v) is 23.1. The van der Waals surface area contributed by atoms with Gasteiger partial charge in [-0.25, -0.2) is 18.3 Å². The van der Waals surface area contributed by atoms with E-state index in [9.17, 15) is 36.6 Å². The highest BCUT2D eigenvalue weighted by Gasteiger charge is 2.39. The number of benzene rings is 1. The molecule has 0 aliphatic heterocycles.